The summed E-state index contributed by atoms with van der Waals surface area (Å²) in [5, 5.41) is 0. The second-order valence-electron chi connectivity index (χ2n) is 9.98. The van der Waals surface area contributed by atoms with Crippen molar-refractivity contribution in [1.29, 1.82) is 0 Å². The third-order valence-electron chi connectivity index (χ3n) is 8.21. The van der Waals surface area contributed by atoms with Gasteiger partial charge in [-0.3, -0.25) is 4.79 Å². The standard InChI is InChI=1S/C23H37N5O/c1-22(2)19-8-9-23(22,3)20(29)28(18-19)14-5-4-12-26-13-7-15-27(17-16-26)21-24-10-6-11-25-21/h6,10-11,19H,4-5,7-9,12-18H2,1-3H3/t19?,23-/m0/s1. The Kier molecular flexibility index (Phi) is 5.83. The third kappa shape index (κ3) is 3.88. The van der Waals surface area contributed by atoms with Gasteiger partial charge in [-0.25, -0.2) is 9.97 Å². The summed E-state index contributed by atoms with van der Waals surface area (Å²) in [7, 11) is 0. The number of unbranched alkanes of at least 4 members (excludes halogenated alkanes) is 1. The minimum absolute atomic E-state index is 0.149. The van der Waals surface area contributed by atoms with Crippen molar-refractivity contribution in [2.75, 3.05) is 50.7 Å². The molecule has 2 bridgehead atoms. The molecule has 0 spiro atoms. The minimum atomic E-state index is -0.149. The highest BCUT2D eigenvalue weighted by atomic mass is 16.2. The molecule has 4 rings (SSSR count). The number of rotatable bonds is 6. The fourth-order valence-electron chi connectivity index (χ4n) is 5.68. The van der Waals surface area contributed by atoms with Crippen LogP contribution >= 0.6 is 0 Å². The van der Waals surface area contributed by atoms with Gasteiger partial charge in [0.15, 0.2) is 0 Å². The SMILES string of the molecule is CC1(C)C2CC[C@@]1(C)C(=O)N(CCCCN1CCCN(c3ncccn3)CC1)C2. The van der Waals surface area contributed by atoms with E-state index in [4.69, 9.17) is 0 Å². The molecule has 3 heterocycles. The van der Waals surface area contributed by atoms with E-state index in [2.05, 4.69) is 45.4 Å². The maximum atomic E-state index is 13.1. The highest BCUT2D eigenvalue weighted by Gasteiger charge is 2.60. The van der Waals surface area contributed by atoms with E-state index in [0.29, 0.717) is 11.8 Å². The van der Waals surface area contributed by atoms with Crippen molar-refractivity contribution in [3.63, 3.8) is 0 Å². The zero-order valence-corrected chi connectivity index (χ0v) is 18.4. The van der Waals surface area contributed by atoms with Gasteiger partial charge in [0.1, 0.15) is 0 Å². The van der Waals surface area contributed by atoms with E-state index in [9.17, 15) is 4.79 Å². The van der Waals surface area contributed by atoms with Crippen molar-refractivity contribution in [3.05, 3.63) is 18.5 Å². The molecule has 160 valence electrons. The average molecular weight is 400 g/mol. The van der Waals surface area contributed by atoms with Gasteiger partial charge in [-0.1, -0.05) is 20.8 Å². The van der Waals surface area contributed by atoms with Crippen LogP contribution < -0.4 is 4.90 Å². The summed E-state index contributed by atoms with van der Waals surface area (Å²) >= 11 is 0. The molecule has 0 radical (unpaired) electrons. The summed E-state index contributed by atoms with van der Waals surface area (Å²) in [5.41, 5.74) is 0.00461. The molecule has 0 N–H and O–H groups in total. The molecule has 2 saturated heterocycles. The number of amides is 1. The molecule has 0 aromatic carbocycles. The molecular weight excluding hydrogens is 362 g/mol. The largest absolute Gasteiger partial charge is 0.342 e. The molecule has 6 nitrogen and oxygen atoms in total. The van der Waals surface area contributed by atoms with Gasteiger partial charge < -0.3 is 14.7 Å². The van der Waals surface area contributed by atoms with Crippen LogP contribution in [0.1, 0.15) is 52.9 Å². The van der Waals surface area contributed by atoms with E-state index in [1.807, 2.05) is 18.5 Å². The van der Waals surface area contributed by atoms with Gasteiger partial charge in [0.05, 0.1) is 5.41 Å². The van der Waals surface area contributed by atoms with Crippen LogP contribution in [-0.2, 0) is 4.79 Å². The Morgan fingerprint density at radius 3 is 2.59 bits per heavy atom. The Morgan fingerprint density at radius 2 is 1.79 bits per heavy atom. The lowest BCUT2D eigenvalue weighted by atomic mass is 9.62. The summed E-state index contributed by atoms with van der Waals surface area (Å²) in [6.45, 7) is 14.1. The Bertz CT molecular complexity index is 708. The molecule has 29 heavy (non-hydrogen) atoms. The van der Waals surface area contributed by atoms with Crippen molar-refractivity contribution in [2.45, 2.75) is 52.9 Å². The van der Waals surface area contributed by atoms with Crippen LogP contribution in [0.4, 0.5) is 5.95 Å². The number of likely N-dealkylation sites (tertiary alicyclic amines) is 1. The van der Waals surface area contributed by atoms with Crippen LogP contribution in [0.25, 0.3) is 0 Å². The van der Waals surface area contributed by atoms with Crippen LogP contribution in [0.3, 0.4) is 0 Å². The number of fused-ring (bicyclic) bond motifs is 2. The second kappa shape index (κ2) is 8.21. The van der Waals surface area contributed by atoms with Gasteiger partial charge in [0, 0.05) is 45.1 Å². The molecule has 3 fully saturated rings. The molecular formula is C23H37N5O. The Morgan fingerprint density at radius 1 is 1.03 bits per heavy atom. The molecule has 1 aromatic heterocycles. The maximum Gasteiger partial charge on any atom is 0.229 e. The first-order valence-electron chi connectivity index (χ1n) is 11.5. The maximum absolute atomic E-state index is 13.1. The number of carbonyl (C=O) groups excluding carboxylic acids is 1. The summed E-state index contributed by atoms with van der Waals surface area (Å²) in [4.78, 5) is 29.0. The predicted octanol–water partition coefficient (Wildman–Crippen LogP) is 3.05. The Labute approximate surface area is 175 Å². The number of anilines is 1. The summed E-state index contributed by atoms with van der Waals surface area (Å²) < 4.78 is 0. The van der Waals surface area contributed by atoms with E-state index in [-0.39, 0.29) is 10.8 Å². The smallest absolute Gasteiger partial charge is 0.229 e. The lowest BCUT2D eigenvalue weighted by Gasteiger charge is -2.49. The minimum Gasteiger partial charge on any atom is -0.342 e. The first kappa shape index (κ1) is 20.6. The first-order chi connectivity index (χ1) is 13.9. The number of carbonyl (C=O) groups is 1. The topological polar surface area (TPSA) is 52.6 Å². The molecule has 2 atom stereocenters. The molecule has 1 amide bonds. The summed E-state index contributed by atoms with van der Waals surface area (Å²) in [6, 6.07) is 1.87. The number of aromatic nitrogens is 2. The molecule has 1 aromatic rings. The molecule has 2 aliphatic heterocycles. The van der Waals surface area contributed by atoms with Crippen molar-refractivity contribution in [2.24, 2.45) is 16.7 Å². The van der Waals surface area contributed by atoms with Gasteiger partial charge in [-0.05, 0) is 62.6 Å². The van der Waals surface area contributed by atoms with Gasteiger partial charge in [0.25, 0.3) is 0 Å². The second-order valence-corrected chi connectivity index (χ2v) is 9.98. The van der Waals surface area contributed by atoms with E-state index in [1.165, 1.54) is 6.42 Å². The highest BCUT2D eigenvalue weighted by Crippen LogP contribution is 2.59. The van der Waals surface area contributed by atoms with Gasteiger partial charge in [0.2, 0.25) is 11.9 Å². The Hall–Kier alpha value is -1.69. The summed E-state index contributed by atoms with van der Waals surface area (Å²) in [6.07, 6.45) is 9.34. The molecule has 6 heteroatoms. The van der Waals surface area contributed by atoms with E-state index in [1.54, 1.807) is 0 Å². The van der Waals surface area contributed by atoms with Gasteiger partial charge in [-0.15, -0.1) is 0 Å². The van der Waals surface area contributed by atoms with Crippen LogP contribution in [0.2, 0.25) is 0 Å². The third-order valence-corrected chi connectivity index (χ3v) is 8.21. The van der Waals surface area contributed by atoms with Crippen LogP contribution in [0.15, 0.2) is 18.5 Å². The van der Waals surface area contributed by atoms with Crippen molar-refractivity contribution in [3.8, 4) is 0 Å². The van der Waals surface area contributed by atoms with Crippen molar-refractivity contribution >= 4 is 11.9 Å². The quantitative estimate of drug-likeness (QED) is 0.688. The van der Waals surface area contributed by atoms with E-state index < -0.39 is 0 Å². The number of piperidine rings is 1. The fraction of sp³-hybridized carbons (Fsp3) is 0.783. The van der Waals surface area contributed by atoms with Gasteiger partial charge in [-0.2, -0.15) is 0 Å². The van der Waals surface area contributed by atoms with Crippen LogP contribution in [0, 0.1) is 16.7 Å². The normalized spacial score (nSPS) is 29.9. The lowest BCUT2D eigenvalue weighted by Crippen LogP contribution is -2.56. The predicted molar refractivity (Wildman–Crippen MR) is 116 cm³/mol. The first-order valence-corrected chi connectivity index (χ1v) is 11.5. The van der Waals surface area contributed by atoms with Gasteiger partial charge >= 0.3 is 0 Å². The van der Waals surface area contributed by atoms with E-state index >= 15 is 0 Å². The monoisotopic (exact) mass is 399 g/mol. The molecule has 3 aliphatic rings. The lowest BCUT2D eigenvalue weighted by molar-refractivity contribution is -0.155. The van der Waals surface area contributed by atoms with Crippen molar-refractivity contribution < 1.29 is 4.79 Å². The number of hydrogen-bond donors (Lipinski definition) is 0. The number of nitrogens with zero attached hydrogens (tertiary/aromatic N) is 5. The number of hydrogen-bond acceptors (Lipinski definition) is 5. The van der Waals surface area contributed by atoms with E-state index in [0.717, 1.165) is 77.4 Å². The van der Waals surface area contributed by atoms with Crippen LogP contribution in [-0.4, -0.2) is 71.5 Å². The van der Waals surface area contributed by atoms with Crippen LogP contribution in [0.5, 0.6) is 0 Å². The zero-order valence-electron chi connectivity index (χ0n) is 18.4. The molecule has 1 saturated carbocycles. The fourth-order valence-corrected chi connectivity index (χ4v) is 5.68. The average Bonchev–Trinajstić information content (AvgIpc) is 2.91. The Balaban J connectivity index is 1.21. The molecule has 1 aliphatic carbocycles. The highest BCUT2D eigenvalue weighted by molar-refractivity contribution is 5.85. The zero-order chi connectivity index (χ0) is 20.5. The van der Waals surface area contributed by atoms with Crippen molar-refractivity contribution in [1.82, 2.24) is 19.8 Å². The molecule has 1 unspecified atom stereocenters. The summed E-state index contributed by atoms with van der Waals surface area (Å²) in [5.74, 6) is 1.93.